The summed E-state index contributed by atoms with van der Waals surface area (Å²) in [7, 11) is 2.14. The van der Waals surface area contributed by atoms with Crippen molar-refractivity contribution in [3.05, 3.63) is 0 Å². The molecule has 22 heavy (non-hydrogen) atoms. The minimum Gasteiger partial charge on any atom is -0.393 e. The van der Waals surface area contributed by atoms with Crippen LogP contribution in [0.2, 0.25) is 0 Å². The third kappa shape index (κ3) is 4.59. The maximum Gasteiger partial charge on any atom is 0.193 e. The van der Waals surface area contributed by atoms with E-state index in [9.17, 15) is 5.11 Å². The molecule has 0 spiro atoms. The smallest absolute Gasteiger partial charge is 0.193 e. The van der Waals surface area contributed by atoms with Gasteiger partial charge in [0.25, 0.3) is 0 Å². The van der Waals surface area contributed by atoms with Crippen LogP contribution in [0.1, 0.15) is 46.0 Å². The van der Waals surface area contributed by atoms with Crippen LogP contribution in [-0.2, 0) is 0 Å². The van der Waals surface area contributed by atoms with E-state index in [-0.39, 0.29) is 6.10 Å². The highest BCUT2D eigenvalue weighted by Gasteiger charge is 2.26. The number of nitrogens with one attached hydrogen (secondary N) is 1. The lowest BCUT2D eigenvalue weighted by Gasteiger charge is -2.30. The Morgan fingerprint density at radius 2 is 2.09 bits per heavy atom. The lowest BCUT2D eigenvalue weighted by Crippen LogP contribution is -2.46. The largest absolute Gasteiger partial charge is 0.393 e. The van der Waals surface area contributed by atoms with Crippen molar-refractivity contribution >= 4 is 5.96 Å². The molecular formula is C17H34N4O. The van der Waals surface area contributed by atoms with Crippen LogP contribution >= 0.6 is 0 Å². The summed E-state index contributed by atoms with van der Waals surface area (Å²) in [5, 5.41) is 13.4. The number of guanidine groups is 1. The van der Waals surface area contributed by atoms with E-state index in [1.54, 1.807) is 0 Å². The molecule has 1 heterocycles. The molecule has 1 saturated heterocycles. The Balaban J connectivity index is 1.90. The van der Waals surface area contributed by atoms with E-state index in [0.717, 1.165) is 51.4 Å². The Morgan fingerprint density at radius 1 is 1.27 bits per heavy atom. The first-order valence-electron chi connectivity index (χ1n) is 9.07. The van der Waals surface area contributed by atoms with Gasteiger partial charge in [-0.3, -0.25) is 9.89 Å². The van der Waals surface area contributed by atoms with Crippen molar-refractivity contribution in [2.75, 3.05) is 39.8 Å². The van der Waals surface area contributed by atoms with Crippen LogP contribution in [0, 0.1) is 5.92 Å². The van der Waals surface area contributed by atoms with Gasteiger partial charge in [-0.1, -0.05) is 13.3 Å². The molecule has 0 radical (unpaired) electrons. The Hall–Kier alpha value is -0.810. The van der Waals surface area contributed by atoms with Crippen LogP contribution in [0.15, 0.2) is 4.99 Å². The summed E-state index contributed by atoms with van der Waals surface area (Å²) in [4.78, 5) is 9.63. The van der Waals surface area contributed by atoms with Gasteiger partial charge in [-0.25, -0.2) is 0 Å². The van der Waals surface area contributed by atoms with E-state index in [2.05, 4.69) is 36.0 Å². The van der Waals surface area contributed by atoms with Gasteiger partial charge in [0.05, 0.1) is 6.10 Å². The molecule has 3 unspecified atom stereocenters. The fourth-order valence-corrected chi connectivity index (χ4v) is 3.82. The number of likely N-dealkylation sites (N-methyl/N-ethyl adjacent to an activating group) is 2. The molecule has 128 valence electrons. The SMILES string of the molecule is CCNC(=NCC1CCCC1O)N(C)CC1CCCN1CC. The second-order valence-corrected chi connectivity index (χ2v) is 6.76. The molecule has 1 aliphatic carbocycles. The molecule has 3 atom stereocenters. The van der Waals surface area contributed by atoms with Gasteiger partial charge in [0, 0.05) is 38.6 Å². The average molecular weight is 310 g/mol. The van der Waals surface area contributed by atoms with E-state index in [1.165, 1.54) is 19.4 Å². The molecule has 0 aromatic carbocycles. The van der Waals surface area contributed by atoms with E-state index in [1.807, 2.05) is 0 Å². The molecule has 0 bridgehead atoms. The number of aliphatic hydroxyl groups is 1. The van der Waals surface area contributed by atoms with Gasteiger partial charge < -0.3 is 15.3 Å². The van der Waals surface area contributed by atoms with E-state index >= 15 is 0 Å². The van der Waals surface area contributed by atoms with Crippen LogP contribution in [0.25, 0.3) is 0 Å². The van der Waals surface area contributed by atoms with Crippen molar-refractivity contribution in [3.63, 3.8) is 0 Å². The van der Waals surface area contributed by atoms with E-state index in [4.69, 9.17) is 4.99 Å². The Kier molecular flexibility index (Phi) is 6.96. The van der Waals surface area contributed by atoms with Crippen LogP contribution in [0.5, 0.6) is 0 Å². The highest BCUT2D eigenvalue weighted by atomic mass is 16.3. The molecule has 0 aromatic heterocycles. The summed E-state index contributed by atoms with van der Waals surface area (Å²) in [6.07, 6.45) is 5.65. The number of hydrogen-bond acceptors (Lipinski definition) is 3. The number of hydrogen-bond donors (Lipinski definition) is 2. The Bertz CT molecular complexity index is 361. The molecule has 2 rings (SSSR count). The molecule has 2 fully saturated rings. The molecular weight excluding hydrogens is 276 g/mol. The van der Waals surface area contributed by atoms with Gasteiger partial charge in [-0.2, -0.15) is 0 Å². The van der Waals surface area contributed by atoms with Crippen molar-refractivity contribution in [1.82, 2.24) is 15.1 Å². The molecule has 1 aliphatic heterocycles. The fourth-order valence-electron chi connectivity index (χ4n) is 3.82. The summed E-state index contributed by atoms with van der Waals surface area (Å²) in [6, 6.07) is 0.649. The standard InChI is InChI=1S/C17H34N4O/c1-4-18-17(19-12-14-8-6-10-16(14)22)20(3)13-15-9-7-11-21(15)5-2/h14-16,22H,4-13H2,1-3H3,(H,18,19). The summed E-state index contributed by atoms with van der Waals surface area (Å²) in [5.41, 5.74) is 0. The molecule has 5 nitrogen and oxygen atoms in total. The quantitative estimate of drug-likeness (QED) is 0.577. The second kappa shape index (κ2) is 8.73. The van der Waals surface area contributed by atoms with E-state index < -0.39 is 0 Å². The summed E-state index contributed by atoms with van der Waals surface area (Å²) in [6.45, 7) is 9.40. The van der Waals surface area contributed by atoms with Crippen LogP contribution < -0.4 is 5.32 Å². The third-order valence-corrected chi connectivity index (χ3v) is 5.18. The summed E-state index contributed by atoms with van der Waals surface area (Å²) in [5.74, 6) is 1.34. The Morgan fingerprint density at radius 3 is 2.73 bits per heavy atom. The topological polar surface area (TPSA) is 51.1 Å². The minimum atomic E-state index is -0.151. The number of likely N-dealkylation sites (tertiary alicyclic amines) is 1. The van der Waals surface area contributed by atoms with Crippen LogP contribution in [0.3, 0.4) is 0 Å². The maximum absolute atomic E-state index is 9.96. The van der Waals surface area contributed by atoms with Gasteiger partial charge in [-0.15, -0.1) is 0 Å². The highest BCUT2D eigenvalue weighted by Crippen LogP contribution is 2.25. The van der Waals surface area contributed by atoms with Crippen molar-refractivity contribution in [1.29, 1.82) is 0 Å². The van der Waals surface area contributed by atoms with Crippen molar-refractivity contribution in [3.8, 4) is 0 Å². The predicted molar refractivity (Wildman–Crippen MR) is 92.2 cm³/mol. The van der Waals surface area contributed by atoms with E-state index in [0.29, 0.717) is 12.0 Å². The van der Waals surface area contributed by atoms with Gasteiger partial charge in [-0.05, 0) is 45.7 Å². The summed E-state index contributed by atoms with van der Waals surface area (Å²) >= 11 is 0. The van der Waals surface area contributed by atoms with Gasteiger partial charge in [0.15, 0.2) is 5.96 Å². The molecule has 1 saturated carbocycles. The zero-order valence-corrected chi connectivity index (χ0v) is 14.6. The molecule has 0 amide bonds. The minimum absolute atomic E-state index is 0.151. The average Bonchev–Trinajstić information content (AvgIpc) is 3.12. The van der Waals surface area contributed by atoms with Crippen molar-refractivity contribution in [2.45, 2.75) is 58.1 Å². The zero-order valence-electron chi connectivity index (χ0n) is 14.6. The highest BCUT2D eigenvalue weighted by molar-refractivity contribution is 5.79. The molecule has 2 aliphatic rings. The molecule has 5 heteroatoms. The van der Waals surface area contributed by atoms with Crippen molar-refractivity contribution < 1.29 is 5.11 Å². The lowest BCUT2D eigenvalue weighted by molar-refractivity contribution is 0.136. The predicted octanol–water partition coefficient (Wildman–Crippen LogP) is 1.53. The first kappa shape index (κ1) is 17.5. The number of rotatable bonds is 6. The number of aliphatic hydroxyl groups excluding tert-OH is 1. The normalized spacial score (nSPS) is 30.0. The molecule has 2 N–H and O–H groups in total. The maximum atomic E-state index is 9.96. The van der Waals surface area contributed by atoms with Gasteiger partial charge in [0.2, 0.25) is 0 Å². The number of aliphatic imine (C=N–C) groups is 1. The molecule has 0 aromatic rings. The van der Waals surface area contributed by atoms with Crippen molar-refractivity contribution in [2.24, 2.45) is 10.9 Å². The van der Waals surface area contributed by atoms with Crippen LogP contribution in [0.4, 0.5) is 0 Å². The van der Waals surface area contributed by atoms with Gasteiger partial charge >= 0.3 is 0 Å². The van der Waals surface area contributed by atoms with Gasteiger partial charge in [0.1, 0.15) is 0 Å². The fraction of sp³-hybridized carbons (Fsp3) is 0.941. The van der Waals surface area contributed by atoms with Crippen LogP contribution in [-0.4, -0.2) is 72.8 Å². The Labute approximate surface area is 135 Å². The zero-order chi connectivity index (χ0) is 15.9. The monoisotopic (exact) mass is 310 g/mol. The lowest BCUT2D eigenvalue weighted by atomic mass is 10.1. The number of nitrogens with zero attached hydrogens (tertiary/aromatic N) is 3. The second-order valence-electron chi connectivity index (χ2n) is 6.76. The first-order chi connectivity index (χ1) is 10.7. The first-order valence-corrected chi connectivity index (χ1v) is 9.07. The summed E-state index contributed by atoms with van der Waals surface area (Å²) < 4.78 is 0. The third-order valence-electron chi connectivity index (χ3n) is 5.18.